The fourth-order valence-electron chi connectivity index (χ4n) is 1.36. The Bertz CT molecular complexity index is 515. The Kier molecular flexibility index (Phi) is 2.31. The Morgan fingerprint density at radius 2 is 1.67 bits per heavy atom. The Morgan fingerprint density at radius 3 is 2.00 bits per heavy atom. The molecular weight excluding hydrogens is 263 g/mol. The van der Waals surface area contributed by atoms with Crippen LogP contribution in [0.3, 0.4) is 0 Å². The zero-order chi connectivity index (χ0) is 11.1. The summed E-state index contributed by atoms with van der Waals surface area (Å²) in [4.78, 5) is 7.64. The molecule has 6 nitrogen and oxygen atoms in total. The number of rotatable bonds is 2. The molecule has 3 N–H and O–H groups in total. The molecule has 80 valence electrons. The normalized spacial score (nSPS) is 17.8. The van der Waals surface area contributed by atoms with Gasteiger partial charge in [-0.3, -0.25) is 0 Å². The molecule has 1 aliphatic rings. The maximum atomic E-state index is 11.3. The summed E-state index contributed by atoms with van der Waals surface area (Å²) in [6.07, 6.45) is 0. The number of hydrogen-bond acceptors (Lipinski definition) is 4. The topological polar surface area (TPSA) is 102 Å². The van der Waals surface area contributed by atoms with Gasteiger partial charge in [-0.2, -0.15) is 0 Å². The van der Waals surface area contributed by atoms with E-state index in [1.165, 1.54) is 0 Å². The molecule has 1 aromatic carbocycles. The second kappa shape index (κ2) is 3.28. The summed E-state index contributed by atoms with van der Waals surface area (Å²) >= 11 is -5.26. The van der Waals surface area contributed by atoms with Crippen LogP contribution in [0.1, 0.15) is 0 Å². The Balaban J connectivity index is 2.71. The minimum absolute atomic E-state index is 0.399. The molecule has 15 heavy (non-hydrogen) atoms. The molecule has 0 aromatic heterocycles. The number of aliphatic hydroxyl groups is 1. The van der Waals surface area contributed by atoms with Crippen LogP contribution in [-0.2, 0) is 3.74 Å². The van der Waals surface area contributed by atoms with Crippen LogP contribution in [0.2, 0.25) is 0 Å². The number of para-hydroxylation sites is 2. The number of fused-ring (bicyclic) bond motifs is 1. The van der Waals surface area contributed by atoms with Gasteiger partial charge in [-0.25, -0.2) is 0 Å². The summed E-state index contributed by atoms with van der Waals surface area (Å²) in [5, 5.41) is 9.86. The first-order chi connectivity index (χ1) is 6.98. The average Bonchev–Trinajstić information content (AvgIpc) is 2.56. The van der Waals surface area contributed by atoms with Crippen LogP contribution in [0, 0.1) is 0 Å². The number of nitrogens with zero attached hydrogens (tertiary/aromatic N) is 2. The summed E-state index contributed by atoms with van der Waals surface area (Å²) in [6, 6.07) is 6.58. The van der Waals surface area contributed by atoms with E-state index in [0.717, 1.165) is 0 Å². The van der Waals surface area contributed by atoms with Gasteiger partial charge in [-0.15, -0.1) is 0 Å². The quantitative estimate of drug-likeness (QED) is 0.519. The average molecular weight is 272 g/mol. The van der Waals surface area contributed by atoms with Crippen LogP contribution in [-0.4, -0.2) is 38.5 Å². The molecule has 0 saturated heterocycles. The van der Waals surface area contributed by atoms with E-state index in [1.54, 1.807) is 24.3 Å². The molecule has 0 amide bonds. The fourth-order valence-corrected chi connectivity index (χ4v) is 2.74. The van der Waals surface area contributed by atoms with Crippen molar-refractivity contribution in [1.82, 2.24) is 0 Å². The van der Waals surface area contributed by atoms with Crippen molar-refractivity contribution in [1.29, 1.82) is 0 Å². The molecule has 0 unspecified atom stereocenters. The van der Waals surface area contributed by atoms with Crippen molar-refractivity contribution < 1.29 is 17.0 Å². The monoisotopic (exact) mass is 272 g/mol. The summed E-state index contributed by atoms with van der Waals surface area (Å²) in [6.45, 7) is -0.787. The van der Waals surface area contributed by atoms with Crippen molar-refractivity contribution in [3.8, 4) is 0 Å². The summed E-state index contributed by atoms with van der Waals surface area (Å²) in [5.41, 5.74) is 0. The van der Waals surface area contributed by atoms with Gasteiger partial charge in [0.2, 0.25) is 0 Å². The van der Waals surface area contributed by atoms with Gasteiger partial charge in [0.1, 0.15) is 0 Å². The van der Waals surface area contributed by atoms with Gasteiger partial charge in [-0.1, -0.05) is 0 Å². The minimum atomic E-state index is -5.26. The van der Waals surface area contributed by atoms with E-state index in [4.69, 9.17) is 13.3 Å². The molecule has 0 saturated carbocycles. The molecule has 1 aliphatic heterocycles. The van der Waals surface area contributed by atoms with Gasteiger partial charge in [0, 0.05) is 0 Å². The van der Waals surface area contributed by atoms with Crippen LogP contribution < -0.4 is 10.7 Å². The van der Waals surface area contributed by atoms with E-state index in [2.05, 4.69) is 9.98 Å². The molecular formula is C8H9AsN2O4. The summed E-state index contributed by atoms with van der Waals surface area (Å²) in [5.74, 6) is 0. The van der Waals surface area contributed by atoms with E-state index < -0.39 is 25.2 Å². The van der Waals surface area contributed by atoms with Crippen LogP contribution in [0.15, 0.2) is 34.3 Å². The first-order valence-corrected chi connectivity index (χ1v) is 7.58. The van der Waals surface area contributed by atoms with Crippen molar-refractivity contribution in [3.63, 3.8) is 0 Å². The van der Waals surface area contributed by atoms with Gasteiger partial charge < -0.3 is 0 Å². The Morgan fingerprint density at radius 1 is 1.20 bits per heavy atom. The van der Waals surface area contributed by atoms with Crippen LogP contribution >= 0.6 is 0 Å². The zero-order valence-electron chi connectivity index (χ0n) is 7.61. The van der Waals surface area contributed by atoms with E-state index in [1.807, 2.05) is 0 Å². The first kappa shape index (κ1) is 10.6. The van der Waals surface area contributed by atoms with E-state index in [0.29, 0.717) is 10.7 Å². The molecule has 1 aromatic rings. The SMILES string of the molecule is O=[As](O)(O)C1(CO)N=c2ccccc2=N1. The zero-order valence-corrected chi connectivity index (χ0v) is 9.48. The Labute approximate surface area is 87.6 Å². The van der Waals surface area contributed by atoms with Gasteiger partial charge in [0.15, 0.2) is 0 Å². The van der Waals surface area contributed by atoms with Crippen molar-refractivity contribution in [2.45, 2.75) is 4.45 Å². The van der Waals surface area contributed by atoms with Crippen LogP contribution in [0.25, 0.3) is 0 Å². The van der Waals surface area contributed by atoms with E-state index in [-0.39, 0.29) is 0 Å². The molecule has 0 fully saturated rings. The third kappa shape index (κ3) is 1.55. The third-order valence-corrected chi connectivity index (χ3v) is 4.83. The van der Waals surface area contributed by atoms with E-state index >= 15 is 0 Å². The second-order valence-electron chi connectivity index (χ2n) is 3.19. The molecule has 0 radical (unpaired) electrons. The number of aliphatic hydroxyl groups excluding tert-OH is 1. The van der Waals surface area contributed by atoms with Crippen LogP contribution in [0.5, 0.6) is 0 Å². The predicted octanol–water partition coefficient (Wildman–Crippen LogP) is -2.48. The van der Waals surface area contributed by atoms with Crippen molar-refractivity contribution in [2.24, 2.45) is 9.98 Å². The molecule has 0 spiro atoms. The third-order valence-electron chi connectivity index (χ3n) is 2.16. The molecule has 2 rings (SSSR count). The summed E-state index contributed by atoms with van der Waals surface area (Å²) < 4.78 is 27.6. The van der Waals surface area contributed by atoms with E-state index in [9.17, 15) is 3.74 Å². The van der Waals surface area contributed by atoms with Crippen molar-refractivity contribution >= 4 is 14.2 Å². The van der Waals surface area contributed by atoms with Crippen molar-refractivity contribution in [3.05, 3.63) is 35.0 Å². The second-order valence-corrected chi connectivity index (χ2v) is 6.97. The molecule has 1 heterocycles. The number of hydrogen-bond donors (Lipinski definition) is 3. The summed E-state index contributed by atoms with van der Waals surface area (Å²) in [7, 11) is 0. The maximum absolute atomic E-state index is 11.3. The standard InChI is InChI=1S/C8H9AsN2O4/c12-5-8(9(13,14)15)10-6-3-1-2-4-7(6)11-8/h1-4,12H,5H2,(H2,13,14,15). The molecule has 0 atom stereocenters. The fraction of sp³-hybridized carbons (Fsp3) is 0.250. The van der Waals surface area contributed by atoms with Crippen LogP contribution in [0.4, 0.5) is 0 Å². The number of benzene rings is 1. The van der Waals surface area contributed by atoms with Crippen molar-refractivity contribution in [2.75, 3.05) is 6.61 Å². The molecule has 7 heteroatoms. The van der Waals surface area contributed by atoms with Gasteiger partial charge >= 0.3 is 87.2 Å². The Hall–Kier alpha value is -0.942. The molecule has 0 aliphatic carbocycles. The van der Waals surface area contributed by atoms with Gasteiger partial charge in [-0.05, 0) is 0 Å². The molecule has 0 bridgehead atoms. The first-order valence-electron chi connectivity index (χ1n) is 4.20. The van der Waals surface area contributed by atoms with Gasteiger partial charge in [0.05, 0.1) is 0 Å². The van der Waals surface area contributed by atoms with Gasteiger partial charge in [0.25, 0.3) is 0 Å². The predicted molar refractivity (Wildman–Crippen MR) is 49.4 cm³/mol.